The Morgan fingerprint density at radius 2 is 2.00 bits per heavy atom. The zero-order valence-corrected chi connectivity index (χ0v) is 22.1. The van der Waals surface area contributed by atoms with Crippen LogP contribution in [0.1, 0.15) is 31.1 Å². The van der Waals surface area contributed by atoms with Gasteiger partial charge < -0.3 is 14.2 Å². The van der Waals surface area contributed by atoms with Gasteiger partial charge in [0.05, 0.1) is 36.3 Å². The van der Waals surface area contributed by atoms with Gasteiger partial charge in [-0.25, -0.2) is 22.8 Å². The lowest BCUT2D eigenvalue weighted by molar-refractivity contribution is -0.0628. The maximum Gasteiger partial charge on any atom is 0.242 e. The highest BCUT2D eigenvalue weighted by molar-refractivity contribution is 7.88. The van der Waals surface area contributed by atoms with E-state index in [0.717, 1.165) is 11.1 Å². The molecule has 36 heavy (non-hydrogen) atoms. The van der Waals surface area contributed by atoms with E-state index in [1.165, 1.54) is 10.6 Å². The van der Waals surface area contributed by atoms with E-state index in [1.54, 1.807) is 24.5 Å². The summed E-state index contributed by atoms with van der Waals surface area (Å²) in [5.74, 6) is 0.254. The van der Waals surface area contributed by atoms with Gasteiger partial charge in [0.25, 0.3) is 0 Å². The lowest BCUT2D eigenvalue weighted by Crippen LogP contribution is -2.47. The maximum absolute atomic E-state index is 14.7. The Morgan fingerprint density at radius 1 is 1.22 bits per heavy atom. The summed E-state index contributed by atoms with van der Waals surface area (Å²) in [6.07, 6.45) is 2.63. The molecule has 2 aromatic heterocycles. The largest absolute Gasteiger partial charge is 0.473 e. The molecule has 2 atom stereocenters. The number of aromatic nitrogens is 3. The first-order valence-electron chi connectivity index (χ1n) is 11.4. The van der Waals surface area contributed by atoms with Gasteiger partial charge in [0.1, 0.15) is 18.9 Å². The van der Waals surface area contributed by atoms with E-state index in [0.29, 0.717) is 28.8 Å². The second-order valence-electron chi connectivity index (χ2n) is 9.25. The minimum atomic E-state index is -3.32. The third-order valence-corrected chi connectivity index (χ3v) is 7.59. The topological polar surface area (TPSA) is 104 Å². The zero-order valence-electron chi connectivity index (χ0n) is 20.3. The van der Waals surface area contributed by atoms with Crippen LogP contribution in [0.4, 0.5) is 4.39 Å². The Labute approximate surface area is 216 Å². The van der Waals surface area contributed by atoms with Crippen molar-refractivity contribution in [2.24, 2.45) is 0 Å². The van der Waals surface area contributed by atoms with Crippen molar-refractivity contribution >= 4 is 34.6 Å². The number of rotatable bonds is 5. The first-order chi connectivity index (χ1) is 16.6. The van der Waals surface area contributed by atoms with Gasteiger partial charge in [-0.15, -0.1) is 0 Å². The Balaban J connectivity index is 0.00000304. The Kier molecular flexibility index (Phi) is 7.54. The molecule has 3 aromatic rings. The van der Waals surface area contributed by atoms with Crippen LogP contribution in [0.5, 0.6) is 5.88 Å². The summed E-state index contributed by atoms with van der Waals surface area (Å²) in [5.41, 5.74) is 3.15. The van der Waals surface area contributed by atoms with Crippen molar-refractivity contribution < 1.29 is 27.0 Å². The van der Waals surface area contributed by atoms with Crippen molar-refractivity contribution in [3.8, 4) is 17.1 Å². The third kappa shape index (κ3) is 5.32. The lowest BCUT2D eigenvalue weighted by Gasteiger charge is -2.34. The van der Waals surface area contributed by atoms with Crippen LogP contribution in [0.15, 0.2) is 36.7 Å². The van der Waals surface area contributed by atoms with Crippen LogP contribution in [-0.4, -0.2) is 72.9 Å². The minimum Gasteiger partial charge on any atom is -0.473 e. The van der Waals surface area contributed by atoms with Gasteiger partial charge >= 0.3 is 0 Å². The van der Waals surface area contributed by atoms with Crippen LogP contribution < -0.4 is 4.74 Å². The molecule has 0 amide bonds. The molecule has 2 aliphatic rings. The molecule has 1 unspecified atom stereocenters. The molecule has 4 heterocycles. The van der Waals surface area contributed by atoms with Crippen LogP contribution in [0.3, 0.4) is 0 Å². The van der Waals surface area contributed by atoms with E-state index in [1.807, 2.05) is 26.0 Å². The molecule has 0 bridgehead atoms. The first kappa shape index (κ1) is 26.7. The molecule has 5 rings (SSSR count). The van der Waals surface area contributed by atoms with Crippen molar-refractivity contribution in [3.63, 3.8) is 0 Å². The fraction of sp³-hybridized carbons (Fsp3) is 0.458. The number of alkyl halides is 1. The van der Waals surface area contributed by atoms with Gasteiger partial charge in [0.15, 0.2) is 5.52 Å². The van der Waals surface area contributed by atoms with Crippen molar-refractivity contribution in [2.75, 3.05) is 39.2 Å². The molecule has 1 aromatic carbocycles. The molecule has 2 aliphatic heterocycles. The average Bonchev–Trinajstić information content (AvgIpc) is 2.84. The van der Waals surface area contributed by atoms with Gasteiger partial charge in [0, 0.05) is 31.0 Å². The summed E-state index contributed by atoms with van der Waals surface area (Å²) in [5, 5.41) is 0. The monoisotopic (exact) mass is 536 g/mol. The molecule has 12 heteroatoms. The number of hydrogen-bond acceptors (Lipinski definition) is 8. The number of morpholine rings is 1. The SMILES string of the molecule is CC1(C)OCC(F)c2cc(-c3cc4nccnc4c(OC[C@@H]4CN(S(C)(=O)=O)CCO4)n3)ccc21.S. The fourth-order valence-corrected chi connectivity index (χ4v) is 5.28. The molecule has 9 nitrogen and oxygen atoms in total. The van der Waals surface area contributed by atoms with E-state index >= 15 is 0 Å². The molecule has 1 saturated heterocycles. The van der Waals surface area contributed by atoms with Gasteiger partial charge in [-0.3, -0.25) is 4.98 Å². The van der Waals surface area contributed by atoms with Gasteiger partial charge in [-0.05, 0) is 37.1 Å². The summed E-state index contributed by atoms with van der Waals surface area (Å²) in [4.78, 5) is 13.4. The number of pyridine rings is 1. The number of hydrogen-bond donors (Lipinski definition) is 0. The second-order valence-corrected chi connectivity index (χ2v) is 11.2. The average molecular weight is 537 g/mol. The van der Waals surface area contributed by atoms with E-state index in [-0.39, 0.29) is 45.7 Å². The highest BCUT2D eigenvalue weighted by Gasteiger charge is 2.34. The normalized spacial score (nSPS) is 22.0. The van der Waals surface area contributed by atoms with Crippen LogP contribution in [-0.2, 0) is 25.1 Å². The summed E-state index contributed by atoms with van der Waals surface area (Å²) < 4.78 is 57.3. The summed E-state index contributed by atoms with van der Waals surface area (Å²) in [6.45, 7) is 4.73. The van der Waals surface area contributed by atoms with Gasteiger partial charge in [-0.2, -0.15) is 17.8 Å². The Hall–Kier alpha value is -2.38. The number of halogens is 1. The summed E-state index contributed by atoms with van der Waals surface area (Å²) >= 11 is 0. The Bertz CT molecular complexity index is 1370. The van der Waals surface area contributed by atoms with E-state index in [2.05, 4.69) is 15.0 Å². The van der Waals surface area contributed by atoms with Crippen molar-refractivity contribution in [2.45, 2.75) is 31.7 Å². The highest BCUT2D eigenvalue weighted by Crippen LogP contribution is 2.40. The maximum atomic E-state index is 14.7. The van der Waals surface area contributed by atoms with Crippen LogP contribution in [0.25, 0.3) is 22.3 Å². The van der Waals surface area contributed by atoms with Crippen LogP contribution >= 0.6 is 13.5 Å². The predicted molar refractivity (Wildman–Crippen MR) is 138 cm³/mol. The van der Waals surface area contributed by atoms with Crippen molar-refractivity contribution in [1.29, 1.82) is 0 Å². The Morgan fingerprint density at radius 3 is 2.78 bits per heavy atom. The van der Waals surface area contributed by atoms with Crippen molar-refractivity contribution in [1.82, 2.24) is 19.3 Å². The number of sulfonamides is 1. The molecule has 1 fully saturated rings. The second kappa shape index (κ2) is 10.2. The zero-order chi connectivity index (χ0) is 24.8. The minimum absolute atomic E-state index is 0. The van der Waals surface area contributed by atoms with Gasteiger partial charge in [-0.1, -0.05) is 12.1 Å². The number of benzene rings is 1. The lowest BCUT2D eigenvalue weighted by atomic mass is 9.87. The van der Waals surface area contributed by atoms with Crippen molar-refractivity contribution in [3.05, 3.63) is 47.8 Å². The molecule has 194 valence electrons. The standard InChI is InChI=1S/C24H27FN4O5S.H2S/c1-24(2)18-5-4-15(10-17(18)19(25)14-34-24)20-11-21-22(27-7-6-26-21)23(28-20)33-13-16-12-29(8-9-32-16)35(3,30)31;/h4-7,10-11,16,19H,8-9,12-14H2,1-3H3;1H2/t16-,19?;/m0./s1. The smallest absolute Gasteiger partial charge is 0.242 e. The van der Waals surface area contributed by atoms with Gasteiger partial charge in [0.2, 0.25) is 15.9 Å². The molecular weight excluding hydrogens is 507 g/mol. The summed E-state index contributed by atoms with van der Waals surface area (Å²) in [6, 6.07) is 7.34. The van der Waals surface area contributed by atoms with Crippen LogP contribution in [0.2, 0.25) is 0 Å². The predicted octanol–water partition coefficient (Wildman–Crippen LogP) is 3.12. The highest BCUT2D eigenvalue weighted by atomic mass is 32.2. The van der Waals surface area contributed by atoms with E-state index in [9.17, 15) is 12.8 Å². The van der Waals surface area contributed by atoms with Crippen LogP contribution in [0, 0.1) is 0 Å². The first-order valence-corrected chi connectivity index (χ1v) is 13.2. The molecular formula is C24H29FN4O5S2. The molecule has 0 N–H and O–H groups in total. The quantitative estimate of drug-likeness (QED) is 0.490. The third-order valence-electron chi connectivity index (χ3n) is 6.32. The molecule has 0 saturated carbocycles. The number of ether oxygens (including phenoxy) is 3. The number of fused-ring (bicyclic) bond motifs is 2. The fourth-order valence-electron chi connectivity index (χ4n) is 4.44. The summed E-state index contributed by atoms with van der Waals surface area (Å²) in [7, 11) is -3.32. The number of nitrogens with zero attached hydrogens (tertiary/aromatic N) is 4. The molecule has 0 aliphatic carbocycles. The molecule has 0 radical (unpaired) electrons. The van der Waals surface area contributed by atoms with E-state index in [4.69, 9.17) is 14.2 Å². The van der Waals surface area contributed by atoms with E-state index < -0.39 is 27.9 Å². The molecule has 0 spiro atoms.